The molecule has 0 aromatic heterocycles. The van der Waals surface area contributed by atoms with Crippen LogP contribution in [-0.4, -0.2) is 12.1 Å². The van der Waals surface area contributed by atoms with Gasteiger partial charge in [-0.05, 0) is 66.7 Å². The average Bonchev–Trinajstić information content (AvgIpc) is 2.70. The summed E-state index contributed by atoms with van der Waals surface area (Å²) in [5, 5.41) is 0. The Hall–Kier alpha value is -0.540. The number of nitrogens with two attached hydrogens (primary N) is 1. The lowest BCUT2D eigenvalue weighted by molar-refractivity contribution is 0.627. The van der Waals surface area contributed by atoms with Crippen LogP contribution in [0.15, 0.2) is 22.7 Å². The van der Waals surface area contributed by atoms with Gasteiger partial charge < -0.3 is 10.6 Å². The standard InChI is InChI=1S/C15H23BrN2/c1-4-13-7-5-10(2)18(13)15-8-6-12(11(3)17)9-14(15)16/h6,8-11,13H,4-5,7,17H2,1-3H3/t10?,11-,13?/m1/s1. The van der Waals surface area contributed by atoms with Crippen LogP contribution in [0.3, 0.4) is 0 Å². The third kappa shape index (κ3) is 2.57. The Morgan fingerprint density at radius 1 is 1.44 bits per heavy atom. The van der Waals surface area contributed by atoms with Gasteiger partial charge in [-0.3, -0.25) is 0 Å². The van der Waals surface area contributed by atoms with Gasteiger partial charge in [0.25, 0.3) is 0 Å². The van der Waals surface area contributed by atoms with Crippen LogP contribution in [0.5, 0.6) is 0 Å². The smallest absolute Gasteiger partial charge is 0.0515 e. The zero-order valence-corrected chi connectivity index (χ0v) is 13.1. The summed E-state index contributed by atoms with van der Waals surface area (Å²) in [7, 11) is 0. The maximum absolute atomic E-state index is 5.93. The van der Waals surface area contributed by atoms with Crippen LogP contribution in [0.25, 0.3) is 0 Å². The van der Waals surface area contributed by atoms with E-state index in [0.29, 0.717) is 12.1 Å². The maximum atomic E-state index is 5.93. The molecule has 0 bridgehead atoms. The molecule has 100 valence electrons. The predicted octanol–water partition coefficient (Wildman–Crippen LogP) is 4.24. The SMILES string of the molecule is CCC1CCC(C)N1c1ccc([C@@H](C)N)cc1Br. The molecule has 0 saturated carbocycles. The average molecular weight is 311 g/mol. The number of hydrogen-bond donors (Lipinski definition) is 1. The van der Waals surface area contributed by atoms with Gasteiger partial charge in [0.2, 0.25) is 0 Å². The van der Waals surface area contributed by atoms with Crippen LogP contribution < -0.4 is 10.6 Å². The van der Waals surface area contributed by atoms with Crippen molar-refractivity contribution in [2.24, 2.45) is 5.73 Å². The molecule has 18 heavy (non-hydrogen) atoms. The Morgan fingerprint density at radius 3 is 2.72 bits per heavy atom. The van der Waals surface area contributed by atoms with Crippen molar-refractivity contribution >= 4 is 21.6 Å². The summed E-state index contributed by atoms with van der Waals surface area (Å²) in [4.78, 5) is 2.56. The first-order chi connectivity index (χ1) is 8.54. The Bertz CT molecular complexity index is 417. The van der Waals surface area contributed by atoms with Gasteiger partial charge >= 0.3 is 0 Å². The van der Waals surface area contributed by atoms with Crippen molar-refractivity contribution in [1.82, 2.24) is 0 Å². The number of nitrogens with zero attached hydrogens (tertiary/aromatic N) is 1. The Kier molecular flexibility index (Phi) is 4.33. The van der Waals surface area contributed by atoms with E-state index in [1.807, 2.05) is 6.92 Å². The molecule has 3 atom stereocenters. The minimum atomic E-state index is 0.0910. The fraction of sp³-hybridized carbons (Fsp3) is 0.600. The highest BCUT2D eigenvalue weighted by molar-refractivity contribution is 9.10. The van der Waals surface area contributed by atoms with Crippen molar-refractivity contribution < 1.29 is 0 Å². The van der Waals surface area contributed by atoms with Crippen LogP contribution in [0, 0.1) is 0 Å². The van der Waals surface area contributed by atoms with Crippen molar-refractivity contribution in [3.8, 4) is 0 Å². The van der Waals surface area contributed by atoms with Crippen molar-refractivity contribution in [2.75, 3.05) is 4.90 Å². The molecule has 2 nitrogen and oxygen atoms in total. The number of hydrogen-bond acceptors (Lipinski definition) is 2. The van der Waals surface area contributed by atoms with E-state index >= 15 is 0 Å². The first-order valence-corrected chi connectivity index (χ1v) is 7.67. The molecule has 2 rings (SSSR count). The third-order valence-corrected chi connectivity index (χ3v) is 4.67. The van der Waals surface area contributed by atoms with Crippen LogP contribution in [0.2, 0.25) is 0 Å². The molecule has 1 aromatic carbocycles. The fourth-order valence-electron chi connectivity index (χ4n) is 2.92. The van der Waals surface area contributed by atoms with Crippen molar-refractivity contribution in [3.05, 3.63) is 28.2 Å². The molecule has 3 heteroatoms. The minimum Gasteiger partial charge on any atom is -0.365 e. The topological polar surface area (TPSA) is 29.3 Å². The van der Waals surface area contributed by atoms with E-state index < -0.39 is 0 Å². The first kappa shape index (κ1) is 13.9. The number of benzene rings is 1. The van der Waals surface area contributed by atoms with Gasteiger partial charge in [0.1, 0.15) is 0 Å². The molecule has 0 aliphatic carbocycles. The molecule has 2 N–H and O–H groups in total. The predicted molar refractivity (Wildman–Crippen MR) is 82.0 cm³/mol. The van der Waals surface area contributed by atoms with Crippen molar-refractivity contribution in [2.45, 2.75) is 58.2 Å². The largest absolute Gasteiger partial charge is 0.365 e. The van der Waals surface area contributed by atoms with Crippen LogP contribution in [0.4, 0.5) is 5.69 Å². The molecule has 1 aromatic rings. The van der Waals surface area contributed by atoms with Gasteiger partial charge in [-0.15, -0.1) is 0 Å². The number of anilines is 1. The summed E-state index contributed by atoms with van der Waals surface area (Å²) in [6.45, 7) is 6.62. The summed E-state index contributed by atoms with van der Waals surface area (Å²) in [6.07, 6.45) is 3.81. The zero-order chi connectivity index (χ0) is 13.3. The van der Waals surface area contributed by atoms with E-state index in [4.69, 9.17) is 5.73 Å². The van der Waals surface area contributed by atoms with E-state index in [0.717, 1.165) is 0 Å². The van der Waals surface area contributed by atoms with Crippen LogP contribution in [-0.2, 0) is 0 Å². The highest BCUT2D eigenvalue weighted by atomic mass is 79.9. The second-order valence-corrected chi connectivity index (χ2v) is 6.25. The van der Waals surface area contributed by atoms with E-state index in [9.17, 15) is 0 Å². The highest BCUT2D eigenvalue weighted by Crippen LogP contribution is 2.37. The minimum absolute atomic E-state index is 0.0910. The quantitative estimate of drug-likeness (QED) is 0.905. The summed E-state index contributed by atoms with van der Waals surface area (Å²) in [5.41, 5.74) is 8.43. The number of rotatable bonds is 3. The Labute approximate surface area is 119 Å². The molecular formula is C15H23BrN2. The first-order valence-electron chi connectivity index (χ1n) is 6.88. The molecule has 1 fully saturated rings. The van der Waals surface area contributed by atoms with Gasteiger partial charge in [-0.2, -0.15) is 0 Å². The van der Waals surface area contributed by atoms with Crippen LogP contribution in [0.1, 0.15) is 51.6 Å². The summed E-state index contributed by atoms with van der Waals surface area (Å²) in [6, 6.07) is 7.94. The lowest BCUT2D eigenvalue weighted by Crippen LogP contribution is -2.34. The second-order valence-electron chi connectivity index (χ2n) is 5.40. The summed E-state index contributed by atoms with van der Waals surface area (Å²) >= 11 is 3.71. The van der Waals surface area contributed by atoms with Gasteiger partial charge in [0.05, 0.1) is 5.69 Å². The molecule has 1 aliphatic heterocycles. The zero-order valence-electron chi connectivity index (χ0n) is 11.5. The van der Waals surface area contributed by atoms with Crippen LogP contribution >= 0.6 is 15.9 Å². The van der Waals surface area contributed by atoms with Gasteiger partial charge in [-0.1, -0.05) is 13.0 Å². The fourth-order valence-corrected chi connectivity index (χ4v) is 3.52. The Morgan fingerprint density at radius 2 is 2.17 bits per heavy atom. The van der Waals surface area contributed by atoms with E-state index in [1.165, 1.54) is 35.0 Å². The molecule has 0 spiro atoms. The number of halogens is 1. The van der Waals surface area contributed by atoms with Gasteiger partial charge in [-0.25, -0.2) is 0 Å². The van der Waals surface area contributed by atoms with Crippen molar-refractivity contribution in [3.63, 3.8) is 0 Å². The Balaban J connectivity index is 2.33. The molecule has 1 aliphatic rings. The molecular weight excluding hydrogens is 288 g/mol. The molecule has 0 radical (unpaired) electrons. The monoisotopic (exact) mass is 310 g/mol. The van der Waals surface area contributed by atoms with E-state index in [-0.39, 0.29) is 6.04 Å². The maximum Gasteiger partial charge on any atom is 0.0515 e. The summed E-state index contributed by atoms with van der Waals surface area (Å²) in [5.74, 6) is 0. The van der Waals surface area contributed by atoms with Gasteiger partial charge in [0, 0.05) is 22.6 Å². The lowest BCUT2D eigenvalue weighted by atomic mass is 10.1. The summed E-state index contributed by atoms with van der Waals surface area (Å²) < 4.78 is 1.17. The van der Waals surface area contributed by atoms with E-state index in [2.05, 4.69) is 52.9 Å². The van der Waals surface area contributed by atoms with Gasteiger partial charge in [0.15, 0.2) is 0 Å². The second kappa shape index (κ2) is 5.62. The van der Waals surface area contributed by atoms with Crippen molar-refractivity contribution in [1.29, 1.82) is 0 Å². The molecule has 0 amide bonds. The van der Waals surface area contributed by atoms with E-state index in [1.54, 1.807) is 0 Å². The molecule has 1 saturated heterocycles. The highest BCUT2D eigenvalue weighted by Gasteiger charge is 2.30. The normalized spacial score (nSPS) is 25.5. The molecule has 1 heterocycles. The molecule has 2 unspecified atom stereocenters. The lowest BCUT2D eigenvalue weighted by Gasteiger charge is -2.31. The third-order valence-electron chi connectivity index (χ3n) is 4.03.